The SMILES string of the molecule is Cc1c(Cl)nc2ncnn2c1NCCC1CCOC1. The van der Waals surface area contributed by atoms with Crippen molar-refractivity contribution >= 4 is 23.2 Å². The molecule has 3 rings (SSSR count). The molecule has 1 aliphatic heterocycles. The van der Waals surface area contributed by atoms with Gasteiger partial charge < -0.3 is 10.1 Å². The molecule has 1 N–H and O–H groups in total. The average Bonchev–Trinajstić information content (AvgIpc) is 3.04. The summed E-state index contributed by atoms with van der Waals surface area (Å²) in [5, 5.41) is 8.02. The van der Waals surface area contributed by atoms with Crippen molar-refractivity contribution in [2.75, 3.05) is 25.1 Å². The Morgan fingerprint density at radius 3 is 3.26 bits per heavy atom. The van der Waals surface area contributed by atoms with E-state index in [1.807, 2.05) is 6.92 Å². The molecule has 102 valence electrons. The van der Waals surface area contributed by atoms with Gasteiger partial charge in [-0.25, -0.2) is 0 Å². The molecule has 2 aromatic heterocycles. The van der Waals surface area contributed by atoms with E-state index in [0.717, 1.165) is 44.0 Å². The Kier molecular flexibility index (Phi) is 3.52. The third kappa shape index (κ3) is 2.50. The van der Waals surface area contributed by atoms with Gasteiger partial charge in [-0.2, -0.15) is 19.6 Å². The summed E-state index contributed by atoms with van der Waals surface area (Å²) in [4.78, 5) is 8.24. The van der Waals surface area contributed by atoms with Crippen LogP contribution in [0.25, 0.3) is 5.78 Å². The van der Waals surface area contributed by atoms with Crippen LogP contribution in [0, 0.1) is 12.8 Å². The Hall–Kier alpha value is -1.40. The van der Waals surface area contributed by atoms with E-state index in [-0.39, 0.29) is 0 Å². The van der Waals surface area contributed by atoms with Gasteiger partial charge in [0.1, 0.15) is 17.3 Å². The lowest BCUT2D eigenvalue weighted by molar-refractivity contribution is 0.185. The molecule has 19 heavy (non-hydrogen) atoms. The van der Waals surface area contributed by atoms with E-state index in [9.17, 15) is 0 Å². The molecule has 1 saturated heterocycles. The van der Waals surface area contributed by atoms with Crippen LogP contribution in [0.15, 0.2) is 6.33 Å². The average molecular weight is 282 g/mol. The van der Waals surface area contributed by atoms with Crippen molar-refractivity contribution in [3.05, 3.63) is 17.0 Å². The molecule has 0 bridgehead atoms. The monoisotopic (exact) mass is 281 g/mol. The van der Waals surface area contributed by atoms with E-state index in [0.29, 0.717) is 16.8 Å². The van der Waals surface area contributed by atoms with Crippen LogP contribution in [-0.2, 0) is 4.74 Å². The van der Waals surface area contributed by atoms with Gasteiger partial charge in [0, 0.05) is 25.3 Å². The first-order valence-corrected chi connectivity index (χ1v) is 6.81. The van der Waals surface area contributed by atoms with E-state index in [2.05, 4.69) is 20.4 Å². The number of ether oxygens (including phenoxy) is 1. The molecular formula is C12H16ClN5O. The van der Waals surface area contributed by atoms with Crippen LogP contribution in [0.4, 0.5) is 5.82 Å². The fourth-order valence-electron chi connectivity index (χ4n) is 2.31. The van der Waals surface area contributed by atoms with Crippen LogP contribution >= 0.6 is 11.6 Å². The predicted molar refractivity (Wildman–Crippen MR) is 72.6 cm³/mol. The van der Waals surface area contributed by atoms with Gasteiger partial charge in [0.05, 0.1) is 0 Å². The first-order valence-electron chi connectivity index (χ1n) is 6.43. The minimum Gasteiger partial charge on any atom is -0.381 e. The van der Waals surface area contributed by atoms with E-state index in [1.54, 1.807) is 4.52 Å². The molecule has 0 spiro atoms. The highest BCUT2D eigenvalue weighted by atomic mass is 35.5. The Labute approximate surface area is 116 Å². The number of nitrogens with one attached hydrogen (secondary N) is 1. The molecule has 1 aliphatic rings. The fraction of sp³-hybridized carbons (Fsp3) is 0.583. The van der Waals surface area contributed by atoms with Gasteiger partial charge in [0.15, 0.2) is 0 Å². The van der Waals surface area contributed by atoms with Gasteiger partial charge >= 0.3 is 0 Å². The Balaban J connectivity index is 1.75. The van der Waals surface area contributed by atoms with Crippen molar-refractivity contribution in [2.45, 2.75) is 19.8 Å². The summed E-state index contributed by atoms with van der Waals surface area (Å²) in [7, 11) is 0. The molecule has 1 unspecified atom stereocenters. The standard InChI is InChI=1S/C12H16ClN5O/c1-8-10(13)17-12-15-7-16-18(12)11(8)14-4-2-9-3-5-19-6-9/h7,9,14H,2-6H2,1H3. The molecule has 0 aromatic carbocycles. The molecule has 0 aliphatic carbocycles. The van der Waals surface area contributed by atoms with E-state index < -0.39 is 0 Å². The maximum absolute atomic E-state index is 6.10. The minimum atomic E-state index is 0.465. The van der Waals surface area contributed by atoms with Gasteiger partial charge in [-0.15, -0.1) is 0 Å². The second-order valence-corrected chi connectivity index (χ2v) is 5.15. The first-order chi connectivity index (χ1) is 9.25. The molecule has 0 amide bonds. The van der Waals surface area contributed by atoms with Gasteiger partial charge in [-0.1, -0.05) is 11.6 Å². The summed E-state index contributed by atoms with van der Waals surface area (Å²) in [6, 6.07) is 0. The zero-order valence-corrected chi connectivity index (χ0v) is 11.5. The Morgan fingerprint density at radius 1 is 1.58 bits per heavy atom. The van der Waals surface area contributed by atoms with Crippen molar-refractivity contribution in [3.8, 4) is 0 Å². The van der Waals surface area contributed by atoms with Crippen LogP contribution in [0.1, 0.15) is 18.4 Å². The Morgan fingerprint density at radius 2 is 2.47 bits per heavy atom. The number of halogens is 1. The number of fused-ring (bicyclic) bond motifs is 1. The lowest BCUT2D eigenvalue weighted by Gasteiger charge is -2.13. The second kappa shape index (κ2) is 5.30. The van der Waals surface area contributed by atoms with Crippen molar-refractivity contribution < 1.29 is 4.74 Å². The number of anilines is 1. The van der Waals surface area contributed by atoms with Crippen LogP contribution in [0.3, 0.4) is 0 Å². The van der Waals surface area contributed by atoms with Crippen molar-refractivity contribution in [1.82, 2.24) is 19.6 Å². The number of aromatic nitrogens is 4. The number of rotatable bonds is 4. The van der Waals surface area contributed by atoms with Crippen molar-refractivity contribution in [1.29, 1.82) is 0 Å². The fourth-order valence-corrected chi connectivity index (χ4v) is 2.48. The third-order valence-corrected chi connectivity index (χ3v) is 3.84. The zero-order chi connectivity index (χ0) is 13.2. The normalized spacial score (nSPS) is 19.2. The van der Waals surface area contributed by atoms with Crippen LogP contribution in [0.2, 0.25) is 5.15 Å². The van der Waals surface area contributed by atoms with Crippen molar-refractivity contribution in [2.24, 2.45) is 5.92 Å². The summed E-state index contributed by atoms with van der Waals surface area (Å²) in [6.45, 7) is 4.55. The lowest BCUT2D eigenvalue weighted by Crippen LogP contribution is -2.13. The summed E-state index contributed by atoms with van der Waals surface area (Å²) in [5.74, 6) is 2.03. The van der Waals surface area contributed by atoms with E-state index in [1.165, 1.54) is 6.33 Å². The summed E-state index contributed by atoms with van der Waals surface area (Å²) < 4.78 is 7.06. The summed E-state index contributed by atoms with van der Waals surface area (Å²) >= 11 is 6.10. The smallest absolute Gasteiger partial charge is 0.255 e. The molecule has 2 aromatic rings. The first kappa shape index (κ1) is 12.6. The molecule has 1 atom stereocenters. The highest BCUT2D eigenvalue weighted by molar-refractivity contribution is 6.30. The maximum Gasteiger partial charge on any atom is 0.255 e. The van der Waals surface area contributed by atoms with E-state index >= 15 is 0 Å². The molecule has 7 heteroatoms. The van der Waals surface area contributed by atoms with Crippen LogP contribution in [-0.4, -0.2) is 39.3 Å². The molecule has 6 nitrogen and oxygen atoms in total. The molecule has 3 heterocycles. The minimum absolute atomic E-state index is 0.465. The van der Waals surface area contributed by atoms with Crippen LogP contribution < -0.4 is 5.32 Å². The zero-order valence-electron chi connectivity index (χ0n) is 10.8. The van der Waals surface area contributed by atoms with E-state index in [4.69, 9.17) is 16.3 Å². The number of nitrogens with zero attached hydrogens (tertiary/aromatic N) is 4. The largest absolute Gasteiger partial charge is 0.381 e. The third-order valence-electron chi connectivity index (χ3n) is 3.47. The molecule has 1 fully saturated rings. The summed E-state index contributed by atoms with van der Waals surface area (Å²) in [6.07, 6.45) is 3.71. The summed E-state index contributed by atoms with van der Waals surface area (Å²) in [5.41, 5.74) is 0.891. The quantitative estimate of drug-likeness (QED) is 0.868. The number of hydrogen-bond acceptors (Lipinski definition) is 5. The van der Waals surface area contributed by atoms with Crippen molar-refractivity contribution in [3.63, 3.8) is 0 Å². The molecular weight excluding hydrogens is 266 g/mol. The van der Waals surface area contributed by atoms with Gasteiger partial charge in [0.25, 0.3) is 5.78 Å². The van der Waals surface area contributed by atoms with Gasteiger partial charge in [-0.3, -0.25) is 0 Å². The maximum atomic E-state index is 6.10. The van der Waals surface area contributed by atoms with Gasteiger partial charge in [0.2, 0.25) is 0 Å². The van der Waals surface area contributed by atoms with Gasteiger partial charge in [-0.05, 0) is 25.7 Å². The topological polar surface area (TPSA) is 64.3 Å². The van der Waals surface area contributed by atoms with Crippen LogP contribution in [0.5, 0.6) is 0 Å². The predicted octanol–water partition coefficient (Wildman–Crippen LogP) is 1.92. The highest BCUT2D eigenvalue weighted by Crippen LogP contribution is 2.23. The lowest BCUT2D eigenvalue weighted by atomic mass is 10.1. The molecule has 0 radical (unpaired) electrons. The highest BCUT2D eigenvalue weighted by Gasteiger charge is 2.16. The molecule has 0 saturated carbocycles. The number of hydrogen-bond donors (Lipinski definition) is 1. The second-order valence-electron chi connectivity index (χ2n) is 4.79. The Bertz CT molecular complexity index is 579.